The van der Waals surface area contributed by atoms with Crippen molar-refractivity contribution >= 4 is 33.4 Å². The number of benzene rings is 1. The summed E-state index contributed by atoms with van der Waals surface area (Å²) in [6.45, 7) is 0.889. The fourth-order valence-corrected chi connectivity index (χ4v) is 1.85. The van der Waals surface area contributed by atoms with Crippen molar-refractivity contribution in [1.29, 1.82) is 0 Å². The summed E-state index contributed by atoms with van der Waals surface area (Å²) < 4.78 is 18.9. The molecule has 0 aliphatic carbocycles. The lowest BCUT2D eigenvalue weighted by molar-refractivity contribution is -0.142. The maximum absolute atomic E-state index is 13.5. The summed E-state index contributed by atoms with van der Waals surface area (Å²) in [4.78, 5) is 24.8. The van der Waals surface area contributed by atoms with E-state index < -0.39 is 17.6 Å². The Labute approximate surface area is 125 Å². The summed E-state index contributed by atoms with van der Waals surface area (Å²) >= 11 is 3.17. The van der Waals surface area contributed by atoms with Gasteiger partial charge in [-0.3, -0.25) is 9.59 Å². The van der Waals surface area contributed by atoms with E-state index in [4.69, 9.17) is 4.74 Å². The van der Waals surface area contributed by atoms with Crippen LogP contribution in [0.15, 0.2) is 22.7 Å². The number of ether oxygens (including phenoxy) is 1. The van der Waals surface area contributed by atoms with E-state index in [9.17, 15) is 14.0 Å². The second-order valence-corrected chi connectivity index (χ2v) is 5.07. The normalized spacial score (nSPS) is 10.2. The summed E-state index contributed by atoms with van der Waals surface area (Å²) in [6, 6.07) is 4.10. The number of nitrogens with one attached hydrogen (secondary N) is 1. The summed E-state index contributed by atoms with van der Waals surface area (Å²) in [5.41, 5.74) is -0.0389. The van der Waals surface area contributed by atoms with Crippen LogP contribution in [-0.2, 0) is 14.3 Å². The van der Waals surface area contributed by atoms with Gasteiger partial charge in [-0.25, -0.2) is 4.39 Å². The fourth-order valence-electron chi connectivity index (χ4n) is 1.49. The monoisotopic (exact) mass is 346 g/mol. The lowest BCUT2D eigenvalue weighted by Gasteiger charge is -2.16. The van der Waals surface area contributed by atoms with Gasteiger partial charge in [-0.2, -0.15) is 0 Å². The van der Waals surface area contributed by atoms with Gasteiger partial charge in [-0.1, -0.05) is 15.9 Å². The molecule has 0 spiro atoms. The number of hydrogen-bond donors (Lipinski definition) is 1. The molecule has 0 radical (unpaired) electrons. The van der Waals surface area contributed by atoms with Crippen LogP contribution in [0.3, 0.4) is 0 Å². The fraction of sp³-hybridized carbons (Fsp3) is 0.385. The Morgan fingerprint density at radius 2 is 2.15 bits per heavy atom. The van der Waals surface area contributed by atoms with E-state index >= 15 is 0 Å². The van der Waals surface area contributed by atoms with Gasteiger partial charge in [-0.15, -0.1) is 0 Å². The Morgan fingerprint density at radius 3 is 2.80 bits per heavy atom. The van der Waals surface area contributed by atoms with E-state index in [1.54, 1.807) is 7.11 Å². The average molecular weight is 347 g/mol. The predicted octanol–water partition coefficient (Wildman–Crippen LogP) is 2.02. The number of carbonyl (C=O) groups is 2. The van der Waals surface area contributed by atoms with E-state index in [1.807, 2.05) is 0 Å². The highest BCUT2D eigenvalue weighted by Gasteiger charge is 2.19. The van der Waals surface area contributed by atoms with Crippen LogP contribution in [0.1, 0.15) is 6.42 Å². The summed E-state index contributed by atoms with van der Waals surface area (Å²) in [7, 11) is 3.07. The number of carbonyl (C=O) groups excluding carboxylic acids is 2. The standard InChI is InChI=1S/C13H16BrFN2O3/c1-17(6-3-7-20-2)13(19)12(18)16-11-8-9(14)4-5-10(11)15/h4-5,8H,3,6-7H2,1-2H3,(H,16,18). The van der Waals surface area contributed by atoms with Gasteiger partial charge in [0, 0.05) is 31.8 Å². The van der Waals surface area contributed by atoms with Gasteiger partial charge in [0.2, 0.25) is 0 Å². The first kappa shape index (κ1) is 16.6. The van der Waals surface area contributed by atoms with Crippen LogP contribution in [0.25, 0.3) is 0 Å². The van der Waals surface area contributed by atoms with Gasteiger partial charge in [0.1, 0.15) is 5.82 Å². The molecule has 20 heavy (non-hydrogen) atoms. The molecular formula is C13H16BrFN2O3. The summed E-state index contributed by atoms with van der Waals surface area (Å²) in [5.74, 6) is -2.20. The number of rotatable bonds is 5. The summed E-state index contributed by atoms with van der Waals surface area (Å²) in [5, 5.41) is 2.26. The molecule has 0 aromatic heterocycles. The maximum atomic E-state index is 13.5. The van der Waals surface area contributed by atoms with Gasteiger partial charge < -0.3 is 15.0 Å². The minimum Gasteiger partial charge on any atom is -0.385 e. The smallest absolute Gasteiger partial charge is 0.313 e. The quantitative estimate of drug-likeness (QED) is 0.655. The minimum absolute atomic E-state index is 0.0389. The first-order valence-electron chi connectivity index (χ1n) is 5.96. The SMILES string of the molecule is COCCCN(C)C(=O)C(=O)Nc1cc(Br)ccc1F. The molecule has 0 unspecified atom stereocenters. The third-order valence-corrected chi connectivity index (χ3v) is 3.05. The van der Waals surface area contributed by atoms with Crippen LogP contribution in [0.2, 0.25) is 0 Å². The van der Waals surface area contributed by atoms with Crippen molar-refractivity contribution in [2.75, 3.05) is 32.6 Å². The van der Waals surface area contributed by atoms with E-state index in [0.717, 1.165) is 0 Å². The number of methoxy groups -OCH3 is 1. The lowest BCUT2D eigenvalue weighted by Crippen LogP contribution is -2.38. The van der Waals surface area contributed by atoms with Crippen LogP contribution in [0.5, 0.6) is 0 Å². The topological polar surface area (TPSA) is 58.6 Å². The van der Waals surface area contributed by atoms with E-state index in [1.165, 1.54) is 30.1 Å². The van der Waals surface area contributed by atoms with Crippen molar-refractivity contribution in [3.05, 3.63) is 28.5 Å². The molecule has 1 rings (SSSR count). The zero-order valence-electron chi connectivity index (χ0n) is 11.3. The molecule has 0 aliphatic rings. The van der Waals surface area contributed by atoms with Crippen LogP contribution < -0.4 is 5.32 Å². The van der Waals surface area contributed by atoms with Crippen molar-refractivity contribution in [3.63, 3.8) is 0 Å². The Hall–Kier alpha value is -1.47. The Kier molecular flexibility index (Phi) is 6.60. The lowest BCUT2D eigenvalue weighted by atomic mass is 10.3. The third kappa shape index (κ3) is 4.90. The molecular weight excluding hydrogens is 331 g/mol. The third-order valence-electron chi connectivity index (χ3n) is 2.56. The largest absolute Gasteiger partial charge is 0.385 e. The molecule has 7 heteroatoms. The molecule has 0 atom stereocenters. The zero-order valence-corrected chi connectivity index (χ0v) is 12.9. The second kappa shape index (κ2) is 7.96. The second-order valence-electron chi connectivity index (χ2n) is 4.15. The number of likely N-dealkylation sites (N-methyl/N-ethyl adjacent to an activating group) is 1. The van der Waals surface area contributed by atoms with Crippen LogP contribution in [0, 0.1) is 5.82 Å². The predicted molar refractivity (Wildman–Crippen MR) is 76.9 cm³/mol. The molecule has 0 aliphatic heterocycles. The van der Waals surface area contributed by atoms with Gasteiger partial charge >= 0.3 is 11.8 Å². The van der Waals surface area contributed by atoms with E-state index in [-0.39, 0.29) is 5.69 Å². The van der Waals surface area contributed by atoms with Crippen LogP contribution in [-0.4, -0.2) is 44.0 Å². The highest BCUT2D eigenvalue weighted by molar-refractivity contribution is 9.10. The maximum Gasteiger partial charge on any atom is 0.313 e. The molecule has 2 amide bonds. The molecule has 1 aromatic carbocycles. The minimum atomic E-state index is -0.873. The molecule has 0 heterocycles. The van der Waals surface area contributed by atoms with Crippen molar-refractivity contribution in [3.8, 4) is 0 Å². The van der Waals surface area contributed by atoms with Crippen molar-refractivity contribution in [2.45, 2.75) is 6.42 Å². The Balaban J connectivity index is 2.61. The number of nitrogens with zero attached hydrogens (tertiary/aromatic N) is 1. The molecule has 0 bridgehead atoms. The molecule has 1 N–H and O–H groups in total. The van der Waals surface area contributed by atoms with Crippen molar-refractivity contribution in [1.82, 2.24) is 4.90 Å². The van der Waals surface area contributed by atoms with Gasteiger partial charge in [0.15, 0.2) is 0 Å². The zero-order chi connectivity index (χ0) is 15.1. The van der Waals surface area contributed by atoms with Gasteiger partial charge in [0.05, 0.1) is 5.69 Å². The molecule has 0 saturated carbocycles. The highest BCUT2D eigenvalue weighted by atomic mass is 79.9. The Bertz CT molecular complexity index is 497. The first-order valence-corrected chi connectivity index (χ1v) is 6.75. The number of halogens is 2. The molecule has 0 saturated heterocycles. The molecule has 1 aromatic rings. The molecule has 110 valence electrons. The number of anilines is 1. The number of hydrogen-bond acceptors (Lipinski definition) is 3. The van der Waals surface area contributed by atoms with Gasteiger partial charge in [-0.05, 0) is 24.6 Å². The molecule has 0 fully saturated rings. The van der Waals surface area contributed by atoms with E-state index in [0.29, 0.717) is 24.0 Å². The van der Waals surface area contributed by atoms with Crippen LogP contribution >= 0.6 is 15.9 Å². The van der Waals surface area contributed by atoms with E-state index in [2.05, 4.69) is 21.2 Å². The summed E-state index contributed by atoms with van der Waals surface area (Å²) in [6.07, 6.45) is 0.622. The molecule has 5 nitrogen and oxygen atoms in total. The van der Waals surface area contributed by atoms with Crippen LogP contribution in [0.4, 0.5) is 10.1 Å². The van der Waals surface area contributed by atoms with Crippen molar-refractivity contribution in [2.24, 2.45) is 0 Å². The highest BCUT2D eigenvalue weighted by Crippen LogP contribution is 2.19. The average Bonchev–Trinajstić information content (AvgIpc) is 2.42. The van der Waals surface area contributed by atoms with Gasteiger partial charge in [0.25, 0.3) is 0 Å². The Morgan fingerprint density at radius 1 is 1.45 bits per heavy atom. The van der Waals surface area contributed by atoms with Crippen molar-refractivity contribution < 1.29 is 18.7 Å². The number of amides is 2. The first-order chi connectivity index (χ1) is 9.45.